The Kier molecular flexibility index (Phi) is 4.97. The number of carbonyl (C=O) groups is 2. The Hall–Kier alpha value is -2.06. The molecule has 0 saturated heterocycles. The lowest BCUT2D eigenvalue weighted by molar-refractivity contribution is -0.119. The van der Waals surface area contributed by atoms with Crippen LogP contribution < -0.4 is 16.6 Å². The summed E-state index contributed by atoms with van der Waals surface area (Å²) in [6.45, 7) is 0. The average Bonchev–Trinajstić information content (AvgIpc) is 2.98. The lowest BCUT2D eigenvalue weighted by Gasteiger charge is -2.07. The largest absolute Gasteiger partial charge is 0.397 e. The molecule has 2 heterocycles. The number of nitrogen functional groups attached to an aromatic ring is 1. The highest BCUT2D eigenvalue weighted by Crippen LogP contribution is 2.22. The van der Waals surface area contributed by atoms with Gasteiger partial charge >= 0.3 is 0 Å². The molecule has 2 aromatic heterocycles. The van der Waals surface area contributed by atoms with Crippen molar-refractivity contribution in [3.63, 3.8) is 0 Å². The molecule has 2 aromatic rings. The zero-order valence-electron chi connectivity index (χ0n) is 10.3. The molecule has 2 rings (SSSR count). The molecule has 0 radical (unpaired) electrons. The van der Waals surface area contributed by atoms with Gasteiger partial charge in [0.1, 0.15) is 0 Å². The van der Waals surface area contributed by atoms with Crippen LogP contribution in [0.4, 0.5) is 5.69 Å². The molecule has 20 heavy (non-hydrogen) atoms. The van der Waals surface area contributed by atoms with E-state index in [1.54, 1.807) is 29.8 Å². The van der Waals surface area contributed by atoms with E-state index in [4.69, 9.17) is 5.73 Å². The van der Waals surface area contributed by atoms with E-state index in [1.165, 1.54) is 29.3 Å². The summed E-state index contributed by atoms with van der Waals surface area (Å²) in [4.78, 5) is 28.4. The molecule has 0 aliphatic heterocycles. The third-order valence-electron chi connectivity index (χ3n) is 2.23. The van der Waals surface area contributed by atoms with Crippen molar-refractivity contribution in [2.75, 3.05) is 11.5 Å². The van der Waals surface area contributed by atoms with E-state index in [2.05, 4.69) is 15.8 Å². The number of hydrazine groups is 1. The molecule has 0 fully saturated rings. The number of nitrogens with zero attached hydrogens (tertiary/aromatic N) is 1. The summed E-state index contributed by atoms with van der Waals surface area (Å²) in [6, 6.07) is 5.18. The zero-order valence-corrected chi connectivity index (χ0v) is 12.0. The van der Waals surface area contributed by atoms with Crippen LogP contribution in [0, 0.1) is 0 Å². The molecule has 6 nitrogen and oxygen atoms in total. The quantitative estimate of drug-likeness (QED) is 0.584. The summed E-state index contributed by atoms with van der Waals surface area (Å²) >= 11 is 2.58. The molecule has 0 spiro atoms. The van der Waals surface area contributed by atoms with Crippen molar-refractivity contribution >= 4 is 40.6 Å². The fourth-order valence-corrected chi connectivity index (χ4v) is 2.65. The molecule has 0 unspecified atom stereocenters. The minimum absolute atomic E-state index is 0.152. The third kappa shape index (κ3) is 3.97. The normalized spacial score (nSPS) is 10.0. The number of aromatic nitrogens is 1. The van der Waals surface area contributed by atoms with Crippen LogP contribution in [0.15, 0.2) is 40.9 Å². The maximum Gasteiger partial charge on any atom is 0.279 e. The first-order valence-corrected chi connectivity index (χ1v) is 7.48. The fraction of sp³-hybridized carbons (Fsp3) is 0.0833. The van der Waals surface area contributed by atoms with Crippen LogP contribution in [0.5, 0.6) is 0 Å². The number of hydrogen-bond donors (Lipinski definition) is 3. The van der Waals surface area contributed by atoms with Gasteiger partial charge in [0, 0.05) is 11.1 Å². The summed E-state index contributed by atoms with van der Waals surface area (Å²) in [6.07, 6.45) is 3.13. The Morgan fingerprint density at radius 2 is 2.20 bits per heavy atom. The second-order valence-electron chi connectivity index (χ2n) is 3.68. The molecule has 104 valence electrons. The van der Waals surface area contributed by atoms with Crippen molar-refractivity contribution < 1.29 is 9.59 Å². The summed E-state index contributed by atoms with van der Waals surface area (Å²) in [5.41, 5.74) is 10.9. The Bertz CT molecular complexity index is 601. The van der Waals surface area contributed by atoms with Gasteiger partial charge < -0.3 is 5.73 Å². The van der Waals surface area contributed by atoms with Gasteiger partial charge in [0.05, 0.1) is 22.5 Å². The second-order valence-corrected chi connectivity index (χ2v) is 5.65. The van der Waals surface area contributed by atoms with Gasteiger partial charge in [-0.2, -0.15) is 0 Å². The monoisotopic (exact) mass is 308 g/mol. The van der Waals surface area contributed by atoms with E-state index >= 15 is 0 Å². The van der Waals surface area contributed by atoms with Crippen LogP contribution in [0.2, 0.25) is 0 Å². The van der Waals surface area contributed by atoms with Gasteiger partial charge in [-0.15, -0.1) is 23.1 Å². The standard InChI is InChI=1S/C12H12N4O2S2/c13-8-6-14-4-3-9(8)20-7-11(17)15-16-12(18)10-2-1-5-19-10/h1-6H,7,13H2,(H,15,17)(H,16,18). The van der Waals surface area contributed by atoms with Crippen molar-refractivity contribution in [1.29, 1.82) is 0 Å². The third-order valence-corrected chi connectivity index (χ3v) is 4.19. The van der Waals surface area contributed by atoms with Crippen LogP contribution in [-0.2, 0) is 4.79 Å². The predicted octanol–water partition coefficient (Wildman–Crippen LogP) is 1.28. The molecular formula is C12H12N4O2S2. The number of rotatable bonds is 4. The first-order chi connectivity index (χ1) is 9.66. The summed E-state index contributed by atoms with van der Waals surface area (Å²) in [7, 11) is 0. The van der Waals surface area contributed by atoms with Crippen LogP contribution in [0.25, 0.3) is 0 Å². The molecule has 0 aliphatic rings. The summed E-state index contributed by atoms with van der Waals surface area (Å²) in [5, 5.41) is 1.79. The zero-order chi connectivity index (χ0) is 14.4. The van der Waals surface area contributed by atoms with E-state index in [1.807, 2.05) is 0 Å². The van der Waals surface area contributed by atoms with Crippen molar-refractivity contribution in [1.82, 2.24) is 15.8 Å². The maximum absolute atomic E-state index is 11.6. The smallest absolute Gasteiger partial charge is 0.279 e. The van der Waals surface area contributed by atoms with E-state index in [0.717, 1.165) is 4.90 Å². The van der Waals surface area contributed by atoms with Crippen molar-refractivity contribution in [3.05, 3.63) is 40.8 Å². The lowest BCUT2D eigenvalue weighted by Crippen LogP contribution is -2.42. The number of anilines is 1. The Labute approximate surface area is 123 Å². The average molecular weight is 308 g/mol. The molecule has 2 amide bonds. The summed E-state index contributed by atoms with van der Waals surface area (Å²) < 4.78 is 0. The molecule has 0 saturated carbocycles. The number of nitrogens with one attached hydrogen (secondary N) is 2. The fourth-order valence-electron chi connectivity index (χ4n) is 1.30. The Morgan fingerprint density at radius 3 is 2.90 bits per heavy atom. The number of amides is 2. The van der Waals surface area contributed by atoms with Gasteiger partial charge in [-0.3, -0.25) is 25.4 Å². The number of nitrogens with two attached hydrogens (primary N) is 1. The highest BCUT2D eigenvalue weighted by Gasteiger charge is 2.09. The van der Waals surface area contributed by atoms with Crippen molar-refractivity contribution in [2.45, 2.75) is 4.90 Å². The number of thiophene rings is 1. The highest BCUT2D eigenvalue weighted by atomic mass is 32.2. The summed E-state index contributed by atoms with van der Waals surface area (Å²) in [5.74, 6) is -0.489. The SMILES string of the molecule is Nc1cnccc1SCC(=O)NNC(=O)c1cccs1. The molecule has 0 bridgehead atoms. The number of carbonyl (C=O) groups excluding carboxylic acids is 2. The minimum Gasteiger partial charge on any atom is -0.397 e. The topological polar surface area (TPSA) is 97.1 Å². The number of pyridine rings is 1. The molecule has 0 aliphatic carbocycles. The predicted molar refractivity (Wildman–Crippen MR) is 79.3 cm³/mol. The van der Waals surface area contributed by atoms with Crippen LogP contribution >= 0.6 is 23.1 Å². The van der Waals surface area contributed by atoms with Crippen LogP contribution in [0.1, 0.15) is 9.67 Å². The van der Waals surface area contributed by atoms with Gasteiger partial charge in [0.25, 0.3) is 5.91 Å². The lowest BCUT2D eigenvalue weighted by atomic mass is 10.4. The molecule has 8 heteroatoms. The molecule has 4 N–H and O–H groups in total. The van der Waals surface area contributed by atoms with Gasteiger partial charge in [-0.25, -0.2) is 0 Å². The second kappa shape index (κ2) is 6.92. The van der Waals surface area contributed by atoms with Crippen molar-refractivity contribution in [3.8, 4) is 0 Å². The van der Waals surface area contributed by atoms with Crippen LogP contribution in [-0.4, -0.2) is 22.6 Å². The first-order valence-electron chi connectivity index (χ1n) is 5.62. The van der Waals surface area contributed by atoms with Gasteiger partial charge in [0.15, 0.2) is 0 Å². The number of hydrogen-bond acceptors (Lipinski definition) is 6. The highest BCUT2D eigenvalue weighted by molar-refractivity contribution is 8.00. The van der Waals surface area contributed by atoms with Crippen LogP contribution in [0.3, 0.4) is 0 Å². The van der Waals surface area contributed by atoms with Gasteiger partial charge in [0.2, 0.25) is 5.91 Å². The van der Waals surface area contributed by atoms with E-state index in [9.17, 15) is 9.59 Å². The molecular weight excluding hydrogens is 296 g/mol. The molecule has 0 aromatic carbocycles. The van der Waals surface area contributed by atoms with E-state index in [0.29, 0.717) is 10.6 Å². The minimum atomic E-state index is -0.332. The first kappa shape index (κ1) is 14.4. The van der Waals surface area contributed by atoms with E-state index < -0.39 is 0 Å². The maximum atomic E-state index is 11.6. The molecule has 0 atom stereocenters. The van der Waals surface area contributed by atoms with Crippen molar-refractivity contribution in [2.24, 2.45) is 0 Å². The number of thioether (sulfide) groups is 1. The van der Waals surface area contributed by atoms with Gasteiger partial charge in [-0.05, 0) is 17.5 Å². The van der Waals surface area contributed by atoms with E-state index in [-0.39, 0.29) is 17.6 Å². The Morgan fingerprint density at radius 1 is 1.35 bits per heavy atom. The van der Waals surface area contributed by atoms with Gasteiger partial charge in [-0.1, -0.05) is 6.07 Å². The Balaban J connectivity index is 1.76.